The maximum absolute atomic E-state index is 13.4. The third-order valence-corrected chi connectivity index (χ3v) is 8.39. The van der Waals surface area contributed by atoms with Gasteiger partial charge in [-0.1, -0.05) is 78.1 Å². The van der Waals surface area contributed by atoms with Gasteiger partial charge in [-0.2, -0.15) is 0 Å². The fourth-order valence-electron chi connectivity index (χ4n) is 5.60. The number of nitrogens with one attached hydrogen (secondary N) is 1. The Morgan fingerprint density at radius 1 is 0.868 bits per heavy atom. The summed E-state index contributed by atoms with van der Waals surface area (Å²) in [5.74, 6) is 1.55. The zero-order valence-electron chi connectivity index (χ0n) is 20.7. The van der Waals surface area contributed by atoms with E-state index < -0.39 is 0 Å². The van der Waals surface area contributed by atoms with Crippen molar-refractivity contribution in [2.75, 3.05) is 22.9 Å². The molecule has 2 unspecified atom stereocenters. The Morgan fingerprint density at radius 2 is 1.61 bits per heavy atom. The Hall–Kier alpha value is -3.25. The topological polar surface area (TPSA) is 48.5 Å². The number of urea groups is 1. The van der Waals surface area contributed by atoms with Crippen molar-refractivity contribution in [3.8, 4) is 11.1 Å². The van der Waals surface area contributed by atoms with E-state index in [2.05, 4.69) is 34.3 Å². The second-order valence-corrected chi connectivity index (χ2v) is 11.0. The predicted molar refractivity (Wildman–Crippen MR) is 156 cm³/mol. The molecule has 8 heteroatoms. The normalized spacial score (nSPS) is 18.9. The fourth-order valence-corrected chi connectivity index (χ4v) is 6.41. The molecule has 5 nitrogen and oxygen atoms in total. The highest BCUT2D eigenvalue weighted by molar-refractivity contribution is 6.40. The van der Waals surface area contributed by atoms with Crippen LogP contribution in [0.3, 0.4) is 0 Å². The molecule has 0 bridgehead atoms. The first-order valence-electron chi connectivity index (χ1n) is 12.5. The van der Waals surface area contributed by atoms with Crippen LogP contribution in [0.1, 0.15) is 24.0 Å². The van der Waals surface area contributed by atoms with Crippen LogP contribution in [0.15, 0.2) is 79.0 Å². The van der Waals surface area contributed by atoms with Gasteiger partial charge in [0.05, 0.1) is 21.4 Å². The van der Waals surface area contributed by atoms with Gasteiger partial charge in [0, 0.05) is 47.9 Å². The molecule has 1 aromatic heterocycles. The van der Waals surface area contributed by atoms with Crippen LogP contribution in [-0.2, 0) is 6.54 Å². The van der Waals surface area contributed by atoms with E-state index in [9.17, 15) is 4.79 Å². The third-order valence-electron chi connectivity index (χ3n) is 7.45. The first kappa shape index (κ1) is 25.1. The number of aromatic nitrogens is 1. The quantitative estimate of drug-likeness (QED) is 0.272. The van der Waals surface area contributed by atoms with E-state index in [1.165, 1.54) is 0 Å². The van der Waals surface area contributed by atoms with E-state index in [1.807, 2.05) is 48.7 Å². The zero-order valence-corrected chi connectivity index (χ0v) is 22.9. The van der Waals surface area contributed by atoms with Crippen molar-refractivity contribution in [2.24, 2.45) is 5.92 Å². The monoisotopic (exact) mass is 562 g/mol. The first-order chi connectivity index (χ1) is 18.4. The van der Waals surface area contributed by atoms with E-state index in [0.717, 1.165) is 46.8 Å². The van der Waals surface area contributed by atoms with Gasteiger partial charge in [0.25, 0.3) is 0 Å². The number of carbonyl (C=O) groups is 1. The van der Waals surface area contributed by atoms with Gasteiger partial charge in [-0.15, -0.1) is 0 Å². The Kier molecular flexibility index (Phi) is 6.68. The average molecular weight is 564 g/mol. The number of halogens is 3. The number of hydrogen-bond acceptors (Lipinski definition) is 3. The standard InChI is InChI=1S/C30H25Cl3N4O/c1-18-16-36(28-11-4-5-12-34-28)17-23(18)19-13-21(20-7-2-3-8-24(20)31)22-15-35-30(38)37(27(22)14-19)29-25(32)9-6-10-26(29)33/h2-14,18,23H,15-17H2,1H3,(H,35,38). The fraction of sp³-hybridized carbons (Fsp3) is 0.200. The number of para-hydroxylation sites is 1. The largest absolute Gasteiger partial charge is 0.356 e. The predicted octanol–water partition coefficient (Wildman–Crippen LogP) is 8.31. The van der Waals surface area contributed by atoms with Gasteiger partial charge in [-0.25, -0.2) is 9.78 Å². The van der Waals surface area contributed by atoms with Crippen molar-refractivity contribution in [1.82, 2.24) is 10.3 Å². The highest BCUT2D eigenvalue weighted by Gasteiger charge is 2.36. The number of fused-ring (bicyclic) bond motifs is 1. The van der Waals surface area contributed by atoms with Crippen molar-refractivity contribution >= 4 is 58.0 Å². The van der Waals surface area contributed by atoms with Crippen LogP contribution in [0.4, 0.5) is 22.0 Å². The molecular weight excluding hydrogens is 539 g/mol. The number of rotatable bonds is 4. The molecule has 192 valence electrons. The second kappa shape index (κ2) is 10.1. The number of carbonyl (C=O) groups excluding carboxylic acids is 1. The number of amides is 2. The summed E-state index contributed by atoms with van der Waals surface area (Å²) in [5, 5.41) is 4.47. The zero-order chi connectivity index (χ0) is 26.4. The molecule has 6 rings (SSSR count). The van der Waals surface area contributed by atoms with Crippen LogP contribution in [0.2, 0.25) is 15.1 Å². The van der Waals surface area contributed by atoms with Crippen LogP contribution >= 0.6 is 34.8 Å². The molecule has 2 atom stereocenters. The molecule has 4 aromatic rings. The van der Waals surface area contributed by atoms with Crippen LogP contribution < -0.4 is 15.1 Å². The van der Waals surface area contributed by atoms with Crippen LogP contribution in [-0.4, -0.2) is 24.1 Å². The molecule has 1 saturated heterocycles. The number of hydrogen-bond donors (Lipinski definition) is 1. The summed E-state index contributed by atoms with van der Waals surface area (Å²) in [6.07, 6.45) is 1.82. The maximum atomic E-state index is 13.4. The lowest BCUT2D eigenvalue weighted by molar-refractivity contribution is 0.247. The van der Waals surface area contributed by atoms with Gasteiger partial charge >= 0.3 is 6.03 Å². The van der Waals surface area contributed by atoms with Crippen LogP contribution in [0, 0.1) is 5.92 Å². The molecule has 2 amide bonds. The van der Waals surface area contributed by atoms with Crippen molar-refractivity contribution < 1.29 is 4.79 Å². The molecule has 1 fully saturated rings. The molecule has 2 aliphatic heterocycles. The lowest BCUT2D eigenvalue weighted by atomic mass is 9.85. The molecule has 3 aromatic carbocycles. The van der Waals surface area contributed by atoms with Crippen molar-refractivity contribution in [1.29, 1.82) is 0 Å². The van der Waals surface area contributed by atoms with E-state index in [0.29, 0.717) is 33.2 Å². The minimum atomic E-state index is -0.274. The summed E-state index contributed by atoms with van der Waals surface area (Å²) >= 11 is 19.9. The second-order valence-electron chi connectivity index (χ2n) is 9.79. The molecular formula is C30H25Cl3N4O. The summed E-state index contributed by atoms with van der Waals surface area (Å²) in [6, 6.07) is 23.1. The Morgan fingerprint density at radius 3 is 2.34 bits per heavy atom. The molecule has 3 heterocycles. The van der Waals surface area contributed by atoms with Gasteiger partial charge < -0.3 is 10.2 Å². The molecule has 0 radical (unpaired) electrons. The lowest BCUT2D eigenvalue weighted by Gasteiger charge is -2.34. The van der Waals surface area contributed by atoms with E-state index in [-0.39, 0.29) is 11.9 Å². The summed E-state index contributed by atoms with van der Waals surface area (Å²) in [7, 11) is 0. The van der Waals surface area contributed by atoms with Gasteiger partial charge in [0.2, 0.25) is 0 Å². The summed E-state index contributed by atoms with van der Waals surface area (Å²) in [4.78, 5) is 21.9. The molecule has 2 aliphatic rings. The summed E-state index contributed by atoms with van der Waals surface area (Å²) < 4.78 is 0. The van der Waals surface area contributed by atoms with Crippen molar-refractivity contribution in [3.63, 3.8) is 0 Å². The molecule has 38 heavy (non-hydrogen) atoms. The minimum Gasteiger partial charge on any atom is -0.356 e. The number of benzene rings is 3. The van der Waals surface area contributed by atoms with Crippen molar-refractivity contribution in [2.45, 2.75) is 19.4 Å². The Bertz CT molecular complexity index is 1510. The summed E-state index contributed by atoms with van der Waals surface area (Å²) in [6.45, 7) is 4.34. The van der Waals surface area contributed by atoms with Gasteiger partial charge in [-0.3, -0.25) is 4.90 Å². The number of pyridine rings is 1. The van der Waals surface area contributed by atoms with Gasteiger partial charge in [0.1, 0.15) is 5.82 Å². The molecule has 0 aliphatic carbocycles. The minimum absolute atomic E-state index is 0.220. The third kappa shape index (κ3) is 4.39. The Labute approximate surface area is 237 Å². The van der Waals surface area contributed by atoms with Gasteiger partial charge in [-0.05, 0) is 53.4 Å². The first-order valence-corrected chi connectivity index (χ1v) is 13.7. The smallest absolute Gasteiger partial charge is 0.326 e. The van der Waals surface area contributed by atoms with E-state index in [1.54, 1.807) is 23.1 Å². The highest BCUT2D eigenvalue weighted by atomic mass is 35.5. The highest BCUT2D eigenvalue weighted by Crippen LogP contribution is 2.47. The Balaban J connectivity index is 1.54. The lowest BCUT2D eigenvalue weighted by Crippen LogP contribution is -2.41. The van der Waals surface area contributed by atoms with Crippen LogP contribution in [0.5, 0.6) is 0 Å². The van der Waals surface area contributed by atoms with Gasteiger partial charge in [0.15, 0.2) is 0 Å². The molecule has 0 spiro atoms. The number of nitrogens with zero attached hydrogens (tertiary/aromatic N) is 3. The molecule has 1 N–H and O–H groups in total. The molecule has 0 saturated carbocycles. The maximum Gasteiger partial charge on any atom is 0.326 e. The summed E-state index contributed by atoms with van der Waals surface area (Å²) in [5.41, 5.74) is 5.23. The van der Waals surface area contributed by atoms with Crippen molar-refractivity contribution in [3.05, 3.63) is 105 Å². The van der Waals surface area contributed by atoms with E-state index >= 15 is 0 Å². The SMILES string of the molecule is CC1CN(c2ccccn2)CC1c1cc(-c2ccccc2Cl)c2c(c1)N(c1c(Cl)cccc1Cl)C(=O)NC2. The number of anilines is 3. The van der Waals surface area contributed by atoms with E-state index in [4.69, 9.17) is 34.8 Å². The average Bonchev–Trinajstić information content (AvgIpc) is 3.31. The van der Waals surface area contributed by atoms with Crippen LogP contribution in [0.25, 0.3) is 11.1 Å².